The van der Waals surface area contributed by atoms with Crippen molar-refractivity contribution in [3.8, 4) is 0 Å². The Hall–Kier alpha value is -4.37. The van der Waals surface area contributed by atoms with E-state index in [1.54, 1.807) is 41.5 Å². The molecule has 0 spiro atoms. The molecule has 7 N–H and O–H groups in total. The van der Waals surface area contributed by atoms with E-state index in [4.69, 9.17) is 10.5 Å². The monoisotopic (exact) mass is 676 g/mol. The number of methoxy groups -OCH3 is 1. The van der Waals surface area contributed by atoms with Gasteiger partial charge in [0, 0.05) is 13.1 Å². The molecule has 5 amide bonds. The van der Waals surface area contributed by atoms with Crippen LogP contribution in [-0.4, -0.2) is 74.3 Å². The fraction of sp³-hybridized carbons (Fsp3) is 0.500. The van der Waals surface area contributed by atoms with Gasteiger partial charge in [0.1, 0.15) is 22.9 Å². The van der Waals surface area contributed by atoms with Gasteiger partial charge in [-0.15, -0.1) is 11.3 Å². The largest absolute Gasteiger partial charge is 0.465 e. The molecule has 3 unspecified atom stereocenters. The van der Waals surface area contributed by atoms with Crippen LogP contribution in [0.2, 0.25) is 0 Å². The topological polar surface area (TPSA) is 198 Å². The molecule has 0 saturated heterocycles. The number of nitrogens with two attached hydrogens (primary N) is 1. The summed E-state index contributed by atoms with van der Waals surface area (Å²) < 4.78 is 18.3. The van der Waals surface area contributed by atoms with Crippen molar-refractivity contribution in [1.82, 2.24) is 21.3 Å². The van der Waals surface area contributed by atoms with Crippen molar-refractivity contribution in [2.24, 2.45) is 17.6 Å². The van der Waals surface area contributed by atoms with Crippen LogP contribution >= 0.6 is 11.3 Å². The SMILES string of the molecule is CCC(C(=O)Nc1sc(C(=O)NCCNC(=O)C(NC(=O)C(NC(=O)CN)C(C)C)C(C)C)c(C)c1C(=O)OC)c1ccc(F)cc1. The average molecular weight is 677 g/mol. The maximum Gasteiger partial charge on any atom is 0.341 e. The van der Waals surface area contributed by atoms with Gasteiger partial charge in [0.2, 0.25) is 23.6 Å². The summed E-state index contributed by atoms with van der Waals surface area (Å²) in [6, 6.07) is 3.77. The van der Waals surface area contributed by atoms with Crippen molar-refractivity contribution in [2.45, 2.75) is 66.0 Å². The van der Waals surface area contributed by atoms with E-state index in [0.29, 0.717) is 17.5 Å². The number of esters is 1. The van der Waals surface area contributed by atoms with E-state index in [1.165, 1.54) is 31.4 Å². The molecule has 258 valence electrons. The van der Waals surface area contributed by atoms with Gasteiger partial charge in [0.15, 0.2) is 0 Å². The van der Waals surface area contributed by atoms with Crippen LogP contribution in [0.25, 0.3) is 0 Å². The van der Waals surface area contributed by atoms with Gasteiger partial charge in [-0.05, 0) is 48.4 Å². The number of hydrogen-bond acceptors (Lipinski definition) is 9. The molecule has 2 rings (SSSR count). The Morgan fingerprint density at radius 2 is 1.45 bits per heavy atom. The van der Waals surface area contributed by atoms with Gasteiger partial charge < -0.3 is 37.1 Å². The molecule has 0 bridgehead atoms. The van der Waals surface area contributed by atoms with Crippen molar-refractivity contribution in [3.05, 3.63) is 51.7 Å². The molecule has 0 aliphatic heterocycles. The second-order valence-electron chi connectivity index (χ2n) is 11.5. The highest BCUT2D eigenvalue weighted by Gasteiger charge is 2.31. The Labute approximate surface area is 277 Å². The van der Waals surface area contributed by atoms with E-state index in [1.807, 2.05) is 0 Å². The molecule has 3 atom stereocenters. The second-order valence-corrected chi connectivity index (χ2v) is 12.5. The summed E-state index contributed by atoms with van der Waals surface area (Å²) >= 11 is 0.905. The smallest absolute Gasteiger partial charge is 0.341 e. The van der Waals surface area contributed by atoms with Crippen molar-refractivity contribution < 1.29 is 37.9 Å². The molecule has 1 aromatic heterocycles. The van der Waals surface area contributed by atoms with E-state index in [2.05, 4.69) is 26.6 Å². The maximum absolute atomic E-state index is 13.4. The summed E-state index contributed by atoms with van der Waals surface area (Å²) in [5.74, 6) is -4.83. The van der Waals surface area contributed by atoms with Crippen molar-refractivity contribution >= 4 is 51.8 Å². The van der Waals surface area contributed by atoms with Gasteiger partial charge in [-0.2, -0.15) is 0 Å². The second kappa shape index (κ2) is 18.1. The average Bonchev–Trinajstić information content (AvgIpc) is 3.35. The van der Waals surface area contributed by atoms with E-state index in [-0.39, 0.29) is 46.9 Å². The van der Waals surface area contributed by atoms with Crippen LogP contribution < -0.4 is 32.3 Å². The molecule has 0 saturated carbocycles. The van der Waals surface area contributed by atoms with Crippen LogP contribution in [0, 0.1) is 24.6 Å². The van der Waals surface area contributed by atoms with E-state index in [9.17, 15) is 33.2 Å². The third-order valence-electron chi connectivity index (χ3n) is 7.38. The number of nitrogens with one attached hydrogen (secondary N) is 5. The number of ether oxygens (including phenoxy) is 1. The number of amides is 5. The molecule has 0 fully saturated rings. The molecule has 0 radical (unpaired) electrons. The predicted molar refractivity (Wildman–Crippen MR) is 176 cm³/mol. The number of thiophene rings is 1. The highest BCUT2D eigenvalue weighted by atomic mass is 32.1. The summed E-state index contributed by atoms with van der Waals surface area (Å²) in [6.07, 6.45) is 0.402. The lowest BCUT2D eigenvalue weighted by Gasteiger charge is -2.27. The number of carbonyl (C=O) groups excluding carboxylic acids is 6. The molecule has 0 aliphatic rings. The molecule has 1 heterocycles. The van der Waals surface area contributed by atoms with E-state index < -0.39 is 59.3 Å². The molecular formula is C32H45FN6O7S. The first-order chi connectivity index (χ1) is 22.2. The zero-order chi connectivity index (χ0) is 35.4. The summed E-state index contributed by atoms with van der Waals surface area (Å²) in [7, 11) is 1.19. The molecule has 0 aliphatic carbocycles. The quantitative estimate of drug-likeness (QED) is 0.115. The first-order valence-corrected chi connectivity index (χ1v) is 16.1. The lowest BCUT2D eigenvalue weighted by Crippen LogP contribution is -2.57. The van der Waals surface area contributed by atoms with Gasteiger partial charge >= 0.3 is 5.97 Å². The van der Waals surface area contributed by atoms with E-state index >= 15 is 0 Å². The highest BCUT2D eigenvalue weighted by molar-refractivity contribution is 7.18. The Balaban J connectivity index is 2.09. The van der Waals surface area contributed by atoms with Gasteiger partial charge in [-0.1, -0.05) is 46.8 Å². The summed E-state index contributed by atoms with van der Waals surface area (Å²) in [6.45, 7) is 10.1. The fourth-order valence-electron chi connectivity index (χ4n) is 4.73. The Bertz CT molecular complexity index is 1440. The van der Waals surface area contributed by atoms with Gasteiger partial charge in [-0.25, -0.2) is 9.18 Å². The number of hydrogen-bond donors (Lipinski definition) is 6. The zero-order valence-electron chi connectivity index (χ0n) is 27.7. The first-order valence-electron chi connectivity index (χ1n) is 15.3. The number of carbonyl (C=O) groups is 6. The minimum absolute atomic E-state index is 0.0135. The van der Waals surface area contributed by atoms with Gasteiger partial charge in [0.25, 0.3) is 5.91 Å². The highest BCUT2D eigenvalue weighted by Crippen LogP contribution is 2.35. The molecule has 13 nitrogen and oxygen atoms in total. The van der Waals surface area contributed by atoms with Crippen LogP contribution in [-0.2, 0) is 23.9 Å². The summed E-state index contributed by atoms with van der Waals surface area (Å²) in [5, 5.41) is 13.5. The normalized spacial score (nSPS) is 12.9. The van der Waals surface area contributed by atoms with Crippen molar-refractivity contribution in [3.63, 3.8) is 0 Å². The molecule has 2 aromatic rings. The standard InChI is InChI=1S/C32H45FN6O7S/c1-8-21(19-9-11-20(33)12-10-19)27(41)39-31-23(32(45)46-7)18(6)26(47-31)30(44)36-14-13-35-28(42)24(16(2)3)38-29(43)25(17(4)5)37-22(40)15-34/h9-12,16-17,21,24-25H,8,13-15,34H2,1-7H3,(H,35,42)(H,36,44)(H,37,40)(H,38,43)(H,39,41). The van der Waals surface area contributed by atoms with Crippen molar-refractivity contribution in [2.75, 3.05) is 32.1 Å². The Kier molecular flexibility index (Phi) is 14.9. The number of rotatable bonds is 16. The minimum atomic E-state index is -0.913. The van der Waals surface area contributed by atoms with Crippen molar-refractivity contribution in [1.29, 1.82) is 0 Å². The number of benzene rings is 1. The minimum Gasteiger partial charge on any atom is -0.465 e. The number of halogens is 1. The first kappa shape index (κ1) is 38.8. The molecule has 47 heavy (non-hydrogen) atoms. The Morgan fingerprint density at radius 3 is 1.98 bits per heavy atom. The third-order valence-corrected chi connectivity index (χ3v) is 8.59. The summed E-state index contributed by atoms with van der Waals surface area (Å²) in [4.78, 5) is 76.8. The third kappa shape index (κ3) is 10.6. The molecular weight excluding hydrogens is 631 g/mol. The zero-order valence-corrected chi connectivity index (χ0v) is 28.6. The summed E-state index contributed by atoms with van der Waals surface area (Å²) in [5.41, 5.74) is 6.29. The van der Waals surface area contributed by atoms with Crippen LogP contribution in [0.5, 0.6) is 0 Å². The van der Waals surface area contributed by atoms with Gasteiger partial charge in [0.05, 0.1) is 30.0 Å². The number of anilines is 1. The van der Waals surface area contributed by atoms with Crippen LogP contribution in [0.3, 0.4) is 0 Å². The predicted octanol–water partition coefficient (Wildman–Crippen LogP) is 2.20. The lowest BCUT2D eigenvalue weighted by molar-refractivity contribution is -0.133. The van der Waals surface area contributed by atoms with E-state index in [0.717, 1.165) is 11.3 Å². The van der Waals surface area contributed by atoms with Crippen LogP contribution in [0.4, 0.5) is 9.39 Å². The van der Waals surface area contributed by atoms with Crippen LogP contribution in [0.15, 0.2) is 24.3 Å². The molecule has 15 heteroatoms. The lowest BCUT2D eigenvalue weighted by atomic mass is 9.95. The Morgan fingerprint density at radius 1 is 0.872 bits per heavy atom. The molecule has 1 aromatic carbocycles. The van der Waals surface area contributed by atoms with Crippen LogP contribution in [0.1, 0.15) is 78.1 Å². The fourth-order valence-corrected chi connectivity index (χ4v) is 5.84. The van der Waals surface area contributed by atoms with Gasteiger partial charge in [-0.3, -0.25) is 24.0 Å². The maximum atomic E-state index is 13.4.